The van der Waals surface area contributed by atoms with Crippen molar-refractivity contribution in [1.82, 2.24) is 4.90 Å². The van der Waals surface area contributed by atoms with Crippen LogP contribution in [-0.2, 0) is 9.59 Å². The van der Waals surface area contributed by atoms with Crippen LogP contribution in [0.15, 0.2) is 30.3 Å². The van der Waals surface area contributed by atoms with E-state index in [0.717, 1.165) is 12.8 Å². The number of hydrogen-bond donors (Lipinski definition) is 1. The molecule has 2 fully saturated rings. The van der Waals surface area contributed by atoms with Gasteiger partial charge in [0, 0.05) is 13.1 Å². The van der Waals surface area contributed by atoms with Crippen molar-refractivity contribution in [2.45, 2.75) is 31.6 Å². The van der Waals surface area contributed by atoms with Crippen molar-refractivity contribution in [3.05, 3.63) is 35.9 Å². The molecule has 1 heterocycles. The molecule has 0 unspecified atom stereocenters. The van der Waals surface area contributed by atoms with Crippen molar-refractivity contribution < 1.29 is 14.7 Å². The minimum absolute atomic E-state index is 0.170. The summed E-state index contributed by atoms with van der Waals surface area (Å²) in [5.74, 6) is -0.635. The summed E-state index contributed by atoms with van der Waals surface area (Å²) in [6, 6.07) is 10.3. The van der Waals surface area contributed by atoms with Gasteiger partial charge < -0.3 is 10.0 Å². The summed E-state index contributed by atoms with van der Waals surface area (Å²) < 4.78 is 0. The van der Waals surface area contributed by atoms with Gasteiger partial charge in [0.15, 0.2) is 0 Å². The van der Waals surface area contributed by atoms with Crippen LogP contribution in [0, 0.1) is 5.41 Å². The largest absolute Gasteiger partial charge is 0.480 e. The molecule has 1 aliphatic carbocycles. The summed E-state index contributed by atoms with van der Waals surface area (Å²) in [5.41, 5.74) is 0.235. The summed E-state index contributed by atoms with van der Waals surface area (Å²) in [4.78, 5) is 25.3. The summed E-state index contributed by atoms with van der Waals surface area (Å²) in [6.07, 6.45) is 2.84. The van der Waals surface area contributed by atoms with Crippen LogP contribution in [0.5, 0.6) is 0 Å². The van der Waals surface area contributed by atoms with Gasteiger partial charge in [0.25, 0.3) is 0 Å². The average molecular weight is 273 g/mol. The van der Waals surface area contributed by atoms with Gasteiger partial charge in [-0.1, -0.05) is 30.3 Å². The highest BCUT2D eigenvalue weighted by Crippen LogP contribution is 2.48. The Hall–Kier alpha value is -1.84. The van der Waals surface area contributed by atoms with E-state index in [1.54, 1.807) is 4.90 Å². The van der Waals surface area contributed by atoms with Gasteiger partial charge in [-0.25, -0.2) is 0 Å². The number of hydrogen-bond acceptors (Lipinski definition) is 2. The zero-order valence-corrected chi connectivity index (χ0v) is 11.4. The molecule has 0 atom stereocenters. The molecule has 0 radical (unpaired) electrons. The van der Waals surface area contributed by atoms with Crippen molar-refractivity contribution in [2.75, 3.05) is 13.1 Å². The molecule has 0 aromatic heterocycles. The highest BCUT2D eigenvalue weighted by molar-refractivity contribution is 6.04. The first-order chi connectivity index (χ1) is 9.63. The highest BCUT2D eigenvalue weighted by atomic mass is 16.4. The fourth-order valence-corrected chi connectivity index (χ4v) is 3.09. The van der Waals surface area contributed by atoms with Gasteiger partial charge in [-0.2, -0.15) is 0 Å². The van der Waals surface area contributed by atoms with Crippen LogP contribution in [0.1, 0.15) is 37.2 Å². The van der Waals surface area contributed by atoms with Crippen LogP contribution in [0.3, 0.4) is 0 Å². The third kappa shape index (κ3) is 2.19. The van der Waals surface area contributed by atoms with Crippen molar-refractivity contribution >= 4 is 11.9 Å². The van der Waals surface area contributed by atoms with Gasteiger partial charge in [0.05, 0.1) is 0 Å². The SMILES string of the molecule is O=C(O)C1(C(=O)N2CCC(c3ccccc3)CC2)CC1. The van der Waals surface area contributed by atoms with E-state index in [-0.39, 0.29) is 5.91 Å². The van der Waals surface area contributed by atoms with E-state index in [4.69, 9.17) is 0 Å². The predicted molar refractivity (Wildman–Crippen MR) is 74.3 cm³/mol. The fraction of sp³-hybridized carbons (Fsp3) is 0.500. The number of likely N-dealkylation sites (tertiary alicyclic amines) is 1. The molecular weight excluding hydrogens is 254 g/mol. The normalized spacial score (nSPS) is 21.5. The molecule has 1 N–H and O–H groups in total. The van der Waals surface area contributed by atoms with Crippen LogP contribution >= 0.6 is 0 Å². The number of carbonyl (C=O) groups excluding carboxylic acids is 1. The molecule has 106 valence electrons. The van der Waals surface area contributed by atoms with Crippen molar-refractivity contribution in [3.63, 3.8) is 0 Å². The number of carboxylic acids is 1. The molecule has 4 heteroatoms. The first kappa shape index (κ1) is 13.2. The Kier molecular flexibility index (Phi) is 3.24. The standard InChI is InChI=1S/C16H19NO3/c18-14(16(8-9-16)15(19)20)17-10-6-13(7-11-17)12-4-2-1-3-5-12/h1-5,13H,6-11H2,(H,19,20). The molecule has 20 heavy (non-hydrogen) atoms. The molecule has 3 rings (SSSR count). The predicted octanol–water partition coefficient (Wildman–Crippen LogP) is 2.26. The summed E-state index contributed by atoms with van der Waals surface area (Å²) in [7, 11) is 0. The number of carbonyl (C=O) groups is 2. The minimum atomic E-state index is -1.08. The van der Waals surface area contributed by atoms with Gasteiger partial charge in [0.1, 0.15) is 5.41 Å². The molecular formula is C16H19NO3. The van der Waals surface area contributed by atoms with Crippen LogP contribution in [-0.4, -0.2) is 35.0 Å². The third-order valence-corrected chi connectivity index (χ3v) is 4.62. The Morgan fingerprint density at radius 1 is 1.10 bits per heavy atom. The van der Waals surface area contributed by atoms with Gasteiger partial charge in [-0.05, 0) is 37.2 Å². The van der Waals surface area contributed by atoms with E-state index in [2.05, 4.69) is 12.1 Å². The molecule has 1 aromatic rings. The maximum atomic E-state index is 12.3. The molecule has 0 spiro atoms. The summed E-state index contributed by atoms with van der Waals surface area (Å²) >= 11 is 0. The average Bonchev–Trinajstić information content (AvgIpc) is 3.29. The Morgan fingerprint density at radius 3 is 2.20 bits per heavy atom. The number of carboxylic acid groups (broad SMARTS) is 1. The van der Waals surface area contributed by atoms with Crippen LogP contribution in [0.4, 0.5) is 0 Å². The van der Waals surface area contributed by atoms with E-state index in [9.17, 15) is 14.7 Å². The fourth-order valence-electron chi connectivity index (χ4n) is 3.09. The molecule has 1 aliphatic heterocycles. The second-order valence-electron chi connectivity index (χ2n) is 5.86. The lowest BCUT2D eigenvalue weighted by Gasteiger charge is -2.33. The first-order valence-corrected chi connectivity index (χ1v) is 7.21. The smallest absolute Gasteiger partial charge is 0.319 e. The topological polar surface area (TPSA) is 57.6 Å². The Morgan fingerprint density at radius 2 is 1.70 bits per heavy atom. The number of benzene rings is 1. The quantitative estimate of drug-likeness (QED) is 0.859. The molecule has 1 aromatic carbocycles. The molecule has 2 aliphatic rings. The molecule has 1 amide bonds. The highest BCUT2D eigenvalue weighted by Gasteiger charge is 2.58. The maximum absolute atomic E-state index is 12.3. The van der Waals surface area contributed by atoms with Crippen molar-refractivity contribution in [3.8, 4) is 0 Å². The van der Waals surface area contributed by atoms with E-state index in [0.29, 0.717) is 31.8 Å². The molecule has 1 saturated heterocycles. The first-order valence-electron chi connectivity index (χ1n) is 7.21. The van der Waals surface area contributed by atoms with Gasteiger partial charge in [0.2, 0.25) is 5.91 Å². The van der Waals surface area contributed by atoms with Gasteiger partial charge in [-0.3, -0.25) is 9.59 Å². The van der Waals surface area contributed by atoms with Crippen LogP contribution < -0.4 is 0 Å². The minimum Gasteiger partial charge on any atom is -0.480 e. The van der Waals surface area contributed by atoms with E-state index < -0.39 is 11.4 Å². The van der Waals surface area contributed by atoms with Crippen LogP contribution in [0.25, 0.3) is 0 Å². The molecule has 0 bridgehead atoms. The summed E-state index contributed by atoms with van der Waals surface area (Å²) in [5, 5.41) is 9.19. The number of piperidine rings is 1. The van der Waals surface area contributed by atoms with Gasteiger partial charge >= 0.3 is 5.97 Å². The monoisotopic (exact) mass is 273 g/mol. The number of aliphatic carboxylic acids is 1. The lowest BCUT2D eigenvalue weighted by molar-refractivity contribution is -0.153. The molecule has 4 nitrogen and oxygen atoms in total. The number of nitrogens with zero attached hydrogens (tertiary/aromatic N) is 1. The second kappa shape index (κ2) is 4.93. The zero-order valence-electron chi connectivity index (χ0n) is 11.4. The lowest BCUT2D eigenvalue weighted by Crippen LogP contribution is -2.44. The maximum Gasteiger partial charge on any atom is 0.319 e. The van der Waals surface area contributed by atoms with E-state index >= 15 is 0 Å². The van der Waals surface area contributed by atoms with Gasteiger partial charge in [-0.15, -0.1) is 0 Å². The Labute approximate surface area is 118 Å². The van der Waals surface area contributed by atoms with Crippen molar-refractivity contribution in [1.29, 1.82) is 0 Å². The van der Waals surface area contributed by atoms with E-state index in [1.165, 1.54) is 5.56 Å². The number of rotatable bonds is 3. The van der Waals surface area contributed by atoms with Crippen molar-refractivity contribution in [2.24, 2.45) is 5.41 Å². The van der Waals surface area contributed by atoms with E-state index in [1.807, 2.05) is 18.2 Å². The Bertz CT molecular complexity index is 514. The third-order valence-electron chi connectivity index (χ3n) is 4.62. The second-order valence-corrected chi connectivity index (χ2v) is 5.86. The zero-order chi connectivity index (χ0) is 14.2. The molecule has 1 saturated carbocycles. The lowest BCUT2D eigenvalue weighted by atomic mass is 9.89. The number of amides is 1. The van der Waals surface area contributed by atoms with Crippen LogP contribution in [0.2, 0.25) is 0 Å². The Balaban J connectivity index is 1.62. The summed E-state index contributed by atoms with van der Waals surface area (Å²) in [6.45, 7) is 1.35.